The smallest absolute Gasteiger partial charge is 0.257 e. The fourth-order valence-electron chi connectivity index (χ4n) is 5.27. The van der Waals surface area contributed by atoms with E-state index in [0.29, 0.717) is 29.6 Å². The highest BCUT2D eigenvalue weighted by atomic mass is 16.5. The zero-order valence-electron chi connectivity index (χ0n) is 18.5. The van der Waals surface area contributed by atoms with Gasteiger partial charge in [0.1, 0.15) is 17.6 Å². The molecule has 0 N–H and O–H groups in total. The van der Waals surface area contributed by atoms with Gasteiger partial charge in [-0.15, -0.1) is 0 Å². The summed E-state index contributed by atoms with van der Waals surface area (Å²) >= 11 is 0. The lowest BCUT2D eigenvalue weighted by Gasteiger charge is -2.36. The first-order valence-electron chi connectivity index (χ1n) is 11.5. The molecule has 0 aromatic heterocycles. The minimum absolute atomic E-state index is 0.0332. The quantitative estimate of drug-likeness (QED) is 0.680. The minimum atomic E-state index is 0.0332. The van der Waals surface area contributed by atoms with Gasteiger partial charge < -0.3 is 24.0 Å². The van der Waals surface area contributed by atoms with Crippen molar-refractivity contribution in [2.75, 3.05) is 47.0 Å². The van der Waals surface area contributed by atoms with Gasteiger partial charge in [0.15, 0.2) is 0 Å². The number of nitrogens with zero attached hydrogens (tertiary/aromatic N) is 2. The Bertz CT molecular complexity index is 711. The Kier molecular flexibility index (Phi) is 7.16. The third-order valence-corrected chi connectivity index (χ3v) is 7.00. The average Bonchev–Trinajstić information content (AvgIpc) is 3.47. The van der Waals surface area contributed by atoms with Crippen LogP contribution in [0.5, 0.6) is 11.5 Å². The Hall–Kier alpha value is -1.79. The molecule has 0 bridgehead atoms. The monoisotopic (exact) mass is 416 g/mol. The van der Waals surface area contributed by atoms with E-state index in [9.17, 15) is 4.79 Å². The Morgan fingerprint density at radius 2 is 1.80 bits per heavy atom. The van der Waals surface area contributed by atoms with Crippen LogP contribution in [0.25, 0.3) is 0 Å². The van der Waals surface area contributed by atoms with Gasteiger partial charge in [-0.2, -0.15) is 0 Å². The van der Waals surface area contributed by atoms with Gasteiger partial charge in [-0.3, -0.25) is 4.79 Å². The second-order valence-electron chi connectivity index (χ2n) is 9.01. The summed E-state index contributed by atoms with van der Waals surface area (Å²) in [7, 11) is 3.35. The number of hydrogen-bond acceptors (Lipinski definition) is 5. The Morgan fingerprint density at radius 1 is 1.03 bits per heavy atom. The summed E-state index contributed by atoms with van der Waals surface area (Å²) in [6, 6.07) is 6.39. The maximum absolute atomic E-state index is 13.3. The SMILES string of the molecule is COC[C@@H]1CCN(C(=O)c2cc(OC)ccc2OC2CCN(C3CCCC3)CC2)C1. The molecule has 1 aromatic rings. The summed E-state index contributed by atoms with van der Waals surface area (Å²) in [5.41, 5.74) is 0.616. The van der Waals surface area contributed by atoms with Crippen molar-refractivity contribution >= 4 is 5.91 Å². The van der Waals surface area contributed by atoms with Crippen LogP contribution in [0.4, 0.5) is 0 Å². The molecule has 2 aliphatic heterocycles. The van der Waals surface area contributed by atoms with Gasteiger partial charge >= 0.3 is 0 Å². The molecule has 3 fully saturated rings. The molecule has 30 heavy (non-hydrogen) atoms. The van der Waals surface area contributed by atoms with E-state index in [-0.39, 0.29) is 12.0 Å². The van der Waals surface area contributed by atoms with Gasteiger partial charge in [0.05, 0.1) is 19.3 Å². The van der Waals surface area contributed by atoms with E-state index >= 15 is 0 Å². The highest BCUT2D eigenvalue weighted by molar-refractivity contribution is 5.97. The maximum Gasteiger partial charge on any atom is 0.257 e. The summed E-state index contributed by atoms with van der Waals surface area (Å²) in [4.78, 5) is 17.9. The van der Waals surface area contributed by atoms with Crippen LogP contribution >= 0.6 is 0 Å². The van der Waals surface area contributed by atoms with Crippen LogP contribution in [0.2, 0.25) is 0 Å². The van der Waals surface area contributed by atoms with Crippen molar-refractivity contribution in [2.24, 2.45) is 5.92 Å². The van der Waals surface area contributed by atoms with E-state index in [1.807, 2.05) is 23.1 Å². The number of piperidine rings is 1. The predicted octanol–water partition coefficient (Wildman–Crippen LogP) is 3.59. The molecule has 0 unspecified atom stereocenters. The number of likely N-dealkylation sites (tertiary alicyclic amines) is 2. The van der Waals surface area contributed by atoms with Crippen molar-refractivity contribution in [1.82, 2.24) is 9.80 Å². The van der Waals surface area contributed by atoms with Crippen molar-refractivity contribution in [3.8, 4) is 11.5 Å². The van der Waals surface area contributed by atoms with E-state index in [1.54, 1.807) is 14.2 Å². The summed E-state index contributed by atoms with van der Waals surface area (Å²) in [6.45, 7) is 4.40. The first kappa shape index (κ1) is 21.4. The van der Waals surface area contributed by atoms with Crippen LogP contribution in [0.1, 0.15) is 55.3 Å². The van der Waals surface area contributed by atoms with Crippen LogP contribution in [0, 0.1) is 5.92 Å². The number of amides is 1. The van der Waals surface area contributed by atoms with E-state index in [2.05, 4.69) is 4.90 Å². The van der Waals surface area contributed by atoms with Gasteiger partial charge in [-0.1, -0.05) is 12.8 Å². The molecule has 166 valence electrons. The second-order valence-corrected chi connectivity index (χ2v) is 9.01. The molecule has 2 saturated heterocycles. The molecule has 0 radical (unpaired) electrons. The zero-order chi connectivity index (χ0) is 20.9. The zero-order valence-corrected chi connectivity index (χ0v) is 18.5. The Morgan fingerprint density at radius 3 is 2.50 bits per heavy atom. The Balaban J connectivity index is 1.41. The normalized spacial score (nSPS) is 23.8. The second kappa shape index (κ2) is 10.0. The average molecular weight is 417 g/mol. The van der Waals surface area contributed by atoms with Gasteiger partial charge in [-0.25, -0.2) is 0 Å². The Labute approximate surface area is 180 Å². The number of hydrogen-bond donors (Lipinski definition) is 0. The minimum Gasteiger partial charge on any atom is -0.497 e. The molecule has 3 aliphatic rings. The molecule has 1 aliphatic carbocycles. The van der Waals surface area contributed by atoms with Crippen molar-refractivity contribution in [2.45, 2.75) is 57.1 Å². The van der Waals surface area contributed by atoms with Crippen molar-refractivity contribution in [3.63, 3.8) is 0 Å². The lowest BCUT2D eigenvalue weighted by molar-refractivity contribution is 0.0705. The van der Waals surface area contributed by atoms with E-state index in [0.717, 1.165) is 51.5 Å². The molecule has 0 spiro atoms. The highest BCUT2D eigenvalue weighted by Crippen LogP contribution is 2.31. The third kappa shape index (κ3) is 4.92. The van der Waals surface area contributed by atoms with E-state index in [1.165, 1.54) is 25.7 Å². The standard InChI is InChI=1S/C24H36N2O4/c1-28-17-18-9-12-26(16-18)24(27)22-15-21(29-2)7-8-23(22)30-20-10-13-25(14-11-20)19-5-3-4-6-19/h7-8,15,18-20H,3-6,9-14,16-17H2,1-2H3/t18-/m1/s1. The van der Waals surface area contributed by atoms with E-state index < -0.39 is 0 Å². The lowest BCUT2D eigenvalue weighted by Crippen LogP contribution is -2.43. The van der Waals surface area contributed by atoms with Gasteiger partial charge in [-0.05, 0) is 50.3 Å². The number of ether oxygens (including phenoxy) is 3. The summed E-state index contributed by atoms with van der Waals surface area (Å²) < 4.78 is 17.1. The molecule has 2 heterocycles. The molecule has 6 nitrogen and oxygen atoms in total. The van der Waals surface area contributed by atoms with Crippen LogP contribution < -0.4 is 9.47 Å². The van der Waals surface area contributed by atoms with E-state index in [4.69, 9.17) is 14.2 Å². The number of methoxy groups -OCH3 is 2. The van der Waals surface area contributed by atoms with Crippen molar-refractivity contribution < 1.29 is 19.0 Å². The largest absolute Gasteiger partial charge is 0.497 e. The van der Waals surface area contributed by atoms with Crippen LogP contribution in [0.15, 0.2) is 18.2 Å². The van der Waals surface area contributed by atoms with Crippen molar-refractivity contribution in [1.29, 1.82) is 0 Å². The van der Waals surface area contributed by atoms with Crippen LogP contribution in [-0.2, 0) is 4.74 Å². The molecule has 4 rings (SSSR count). The summed E-state index contributed by atoms with van der Waals surface area (Å²) in [5, 5.41) is 0. The number of rotatable bonds is 7. The first-order chi connectivity index (χ1) is 14.7. The number of carbonyl (C=O) groups excluding carboxylic acids is 1. The molecule has 1 aromatic carbocycles. The van der Waals surface area contributed by atoms with Gasteiger partial charge in [0, 0.05) is 45.2 Å². The molecular formula is C24H36N2O4. The highest BCUT2D eigenvalue weighted by Gasteiger charge is 2.31. The molecule has 1 atom stereocenters. The fourth-order valence-corrected chi connectivity index (χ4v) is 5.27. The molecular weight excluding hydrogens is 380 g/mol. The van der Waals surface area contributed by atoms with Crippen LogP contribution in [-0.4, -0.2) is 74.9 Å². The fraction of sp³-hybridized carbons (Fsp3) is 0.708. The van der Waals surface area contributed by atoms with Crippen LogP contribution in [0.3, 0.4) is 0 Å². The van der Waals surface area contributed by atoms with Gasteiger partial charge in [0.2, 0.25) is 0 Å². The molecule has 1 saturated carbocycles. The number of benzene rings is 1. The number of carbonyl (C=O) groups is 1. The maximum atomic E-state index is 13.3. The topological polar surface area (TPSA) is 51.2 Å². The third-order valence-electron chi connectivity index (χ3n) is 7.00. The molecule has 6 heteroatoms. The van der Waals surface area contributed by atoms with Crippen molar-refractivity contribution in [3.05, 3.63) is 23.8 Å². The summed E-state index contributed by atoms with van der Waals surface area (Å²) in [5.74, 6) is 1.82. The predicted molar refractivity (Wildman–Crippen MR) is 116 cm³/mol. The van der Waals surface area contributed by atoms with Gasteiger partial charge in [0.25, 0.3) is 5.91 Å². The first-order valence-corrected chi connectivity index (χ1v) is 11.5. The molecule has 1 amide bonds. The lowest BCUT2D eigenvalue weighted by atomic mass is 10.0. The summed E-state index contributed by atoms with van der Waals surface area (Å²) in [6.07, 6.45) is 8.65.